The van der Waals surface area contributed by atoms with Crippen molar-refractivity contribution < 1.29 is 14.7 Å². The van der Waals surface area contributed by atoms with Gasteiger partial charge in [0.05, 0.1) is 11.5 Å². The maximum Gasteiger partial charge on any atom is 0.249 e. The van der Waals surface area contributed by atoms with Crippen molar-refractivity contribution in [2.75, 3.05) is 19.6 Å². The first kappa shape index (κ1) is 30.9. The highest BCUT2D eigenvalue weighted by Gasteiger charge is 2.47. The van der Waals surface area contributed by atoms with Gasteiger partial charge in [-0.1, -0.05) is 91.7 Å². The zero-order chi connectivity index (χ0) is 28.4. The van der Waals surface area contributed by atoms with Crippen molar-refractivity contribution in [2.24, 2.45) is 17.1 Å². The number of carbonyl (C=O) groups is 2. The number of rotatable bonds is 14. The van der Waals surface area contributed by atoms with Gasteiger partial charge in [0.2, 0.25) is 11.8 Å². The molecule has 39 heavy (non-hydrogen) atoms. The Labute approximate surface area is 241 Å². The number of carbonyl (C=O) groups excluding carboxylic acids is 2. The summed E-state index contributed by atoms with van der Waals surface area (Å²) in [6, 6.07) is 15.0. The number of primary amides is 1. The van der Waals surface area contributed by atoms with Crippen molar-refractivity contribution in [3.05, 3.63) is 93.5 Å². The van der Waals surface area contributed by atoms with E-state index >= 15 is 0 Å². The van der Waals surface area contributed by atoms with Gasteiger partial charge >= 0.3 is 0 Å². The summed E-state index contributed by atoms with van der Waals surface area (Å²) in [4.78, 5) is 28.6. The number of aliphatic hydroxyl groups excluding tert-OH is 1. The van der Waals surface area contributed by atoms with E-state index in [4.69, 9.17) is 28.9 Å². The van der Waals surface area contributed by atoms with Crippen molar-refractivity contribution in [3.8, 4) is 0 Å². The molecule has 0 saturated carbocycles. The Morgan fingerprint density at radius 3 is 2.41 bits per heavy atom. The summed E-state index contributed by atoms with van der Waals surface area (Å²) in [5.41, 5.74) is 7.21. The highest BCUT2D eigenvalue weighted by Crippen LogP contribution is 2.43. The van der Waals surface area contributed by atoms with Crippen LogP contribution in [0.5, 0.6) is 0 Å². The fourth-order valence-electron chi connectivity index (χ4n) is 5.27. The molecule has 210 valence electrons. The lowest BCUT2D eigenvalue weighted by Crippen LogP contribution is -2.51. The summed E-state index contributed by atoms with van der Waals surface area (Å²) in [7, 11) is 0. The van der Waals surface area contributed by atoms with Crippen molar-refractivity contribution in [3.63, 3.8) is 0 Å². The maximum atomic E-state index is 13.5. The molecule has 0 radical (unpaired) electrons. The van der Waals surface area contributed by atoms with E-state index in [1.807, 2.05) is 55.1 Å². The number of benzene rings is 2. The molecule has 4 N–H and O–H groups in total. The van der Waals surface area contributed by atoms with Gasteiger partial charge in [0.1, 0.15) is 0 Å². The first-order valence-corrected chi connectivity index (χ1v) is 14.3. The van der Waals surface area contributed by atoms with Gasteiger partial charge < -0.3 is 21.1 Å². The number of nitrogens with zero attached hydrogens (tertiary/aromatic N) is 1. The van der Waals surface area contributed by atoms with Gasteiger partial charge in [-0.25, -0.2) is 0 Å². The van der Waals surface area contributed by atoms with E-state index in [0.29, 0.717) is 41.7 Å². The molecular formula is C31H39Cl2N3O3. The van der Waals surface area contributed by atoms with Gasteiger partial charge in [-0.05, 0) is 48.9 Å². The first-order chi connectivity index (χ1) is 18.7. The minimum Gasteiger partial charge on any atom is -0.391 e. The number of allylic oxidation sites excluding steroid dienone is 2. The number of amides is 2. The minimum atomic E-state index is -1.24. The van der Waals surface area contributed by atoms with Gasteiger partial charge in [-0.15, -0.1) is 0 Å². The summed E-state index contributed by atoms with van der Waals surface area (Å²) in [6.45, 7) is 5.97. The van der Waals surface area contributed by atoms with Crippen LogP contribution in [0.15, 0.2) is 72.3 Å². The zero-order valence-corrected chi connectivity index (χ0v) is 24.2. The summed E-state index contributed by atoms with van der Waals surface area (Å²) in [5, 5.41) is 15.9. The monoisotopic (exact) mass is 571 g/mol. The van der Waals surface area contributed by atoms with Crippen LogP contribution in [0.4, 0.5) is 0 Å². The molecule has 0 fully saturated rings. The van der Waals surface area contributed by atoms with Crippen LogP contribution in [-0.4, -0.2) is 47.6 Å². The van der Waals surface area contributed by atoms with Crippen LogP contribution in [-0.2, 0) is 22.6 Å². The van der Waals surface area contributed by atoms with E-state index < -0.39 is 23.3 Å². The maximum absolute atomic E-state index is 13.5. The van der Waals surface area contributed by atoms with E-state index in [0.717, 1.165) is 24.0 Å². The lowest BCUT2D eigenvalue weighted by Gasteiger charge is -2.41. The largest absolute Gasteiger partial charge is 0.391 e. The Bertz CT molecular complexity index is 1180. The molecule has 0 spiro atoms. The average molecular weight is 573 g/mol. The number of nitrogens with two attached hydrogens (primary N) is 1. The number of hydrogen-bond acceptors (Lipinski definition) is 4. The van der Waals surface area contributed by atoms with Crippen LogP contribution < -0.4 is 11.1 Å². The summed E-state index contributed by atoms with van der Waals surface area (Å²) < 4.78 is 0. The molecule has 8 heteroatoms. The van der Waals surface area contributed by atoms with E-state index in [1.54, 1.807) is 30.4 Å². The molecule has 0 aromatic heterocycles. The van der Waals surface area contributed by atoms with Crippen LogP contribution in [0.2, 0.25) is 10.0 Å². The Morgan fingerprint density at radius 2 is 1.79 bits per heavy atom. The molecule has 0 aliphatic heterocycles. The molecule has 0 bridgehead atoms. The zero-order valence-electron chi connectivity index (χ0n) is 22.7. The predicted octanol–water partition coefficient (Wildman–Crippen LogP) is 5.31. The van der Waals surface area contributed by atoms with Crippen molar-refractivity contribution >= 4 is 35.0 Å². The summed E-state index contributed by atoms with van der Waals surface area (Å²) in [6.07, 6.45) is 6.57. The first-order valence-electron chi connectivity index (χ1n) is 13.6. The molecule has 3 atom stereocenters. The molecule has 2 amide bonds. The third kappa shape index (κ3) is 7.95. The van der Waals surface area contributed by atoms with Gasteiger partial charge in [0.25, 0.3) is 0 Å². The van der Waals surface area contributed by atoms with E-state index in [2.05, 4.69) is 5.32 Å². The SMILES string of the molecule is CCCN(CCC)C(=O)C1=CC=CC(C(N)=O)([C@H](Cc2ccccc2)[C@@H](O)CNCc2ccc(Cl)cc2Cl)C1. The van der Waals surface area contributed by atoms with Gasteiger partial charge in [-0.3, -0.25) is 9.59 Å². The van der Waals surface area contributed by atoms with Crippen molar-refractivity contribution in [2.45, 2.75) is 52.2 Å². The molecule has 6 nitrogen and oxygen atoms in total. The Balaban J connectivity index is 1.88. The molecule has 3 rings (SSSR count). The Hall–Kier alpha value is -2.64. The summed E-state index contributed by atoms with van der Waals surface area (Å²) in [5.74, 6) is -1.23. The summed E-state index contributed by atoms with van der Waals surface area (Å²) >= 11 is 12.3. The second-order valence-electron chi connectivity index (χ2n) is 10.2. The number of aliphatic hydroxyl groups is 1. The normalized spacial score (nSPS) is 18.3. The molecule has 2 aromatic rings. The molecule has 0 heterocycles. The predicted molar refractivity (Wildman–Crippen MR) is 158 cm³/mol. The van der Waals surface area contributed by atoms with Crippen molar-refractivity contribution in [1.29, 1.82) is 0 Å². The fourth-order valence-corrected chi connectivity index (χ4v) is 5.75. The van der Waals surface area contributed by atoms with E-state index in [-0.39, 0.29) is 18.9 Å². The highest BCUT2D eigenvalue weighted by molar-refractivity contribution is 6.35. The topological polar surface area (TPSA) is 95.7 Å². The van der Waals surface area contributed by atoms with Crippen LogP contribution in [0, 0.1) is 11.3 Å². The standard InChI is InChI=1S/C31H39Cl2N3O3/c1-3-15-36(16-4-2)29(38)23-11-8-14-31(19-23,30(34)39)26(17-22-9-6-5-7-10-22)28(37)21-35-20-24-12-13-25(32)18-27(24)33/h5-14,18,26,28,35,37H,3-4,15-17,19-21H2,1-2H3,(H2,34,39)/t26-,28+,31?/m1/s1. The third-order valence-electron chi connectivity index (χ3n) is 7.29. The number of halogens is 2. The average Bonchev–Trinajstić information content (AvgIpc) is 2.92. The quantitative estimate of drug-likeness (QED) is 0.286. The lowest BCUT2D eigenvalue weighted by molar-refractivity contribution is -0.132. The van der Waals surface area contributed by atoms with E-state index in [1.165, 1.54) is 0 Å². The molecule has 2 aromatic carbocycles. The molecule has 0 saturated heterocycles. The smallest absolute Gasteiger partial charge is 0.249 e. The van der Waals surface area contributed by atoms with E-state index in [9.17, 15) is 14.7 Å². The second-order valence-corrected chi connectivity index (χ2v) is 11.0. The number of nitrogens with one attached hydrogen (secondary N) is 1. The second kappa shape index (κ2) is 14.7. The minimum absolute atomic E-state index is 0.0860. The highest BCUT2D eigenvalue weighted by atomic mass is 35.5. The van der Waals surface area contributed by atoms with Crippen LogP contribution >= 0.6 is 23.2 Å². The van der Waals surface area contributed by atoms with Crippen molar-refractivity contribution in [1.82, 2.24) is 10.2 Å². The van der Waals surface area contributed by atoms with Gasteiger partial charge in [0, 0.05) is 47.7 Å². The molecule has 1 aliphatic carbocycles. The number of hydrogen-bond donors (Lipinski definition) is 3. The lowest BCUT2D eigenvalue weighted by atomic mass is 9.64. The molecule has 1 aliphatic rings. The van der Waals surface area contributed by atoms with Crippen LogP contribution in [0.1, 0.15) is 44.2 Å². The van der Waals surface area contributed by atoms with Gasteiger partial charge in [0.15, 0.2) is 0 Å². The fraction of sp³-hybridized carbons (Fsp3) is 0.419. The molecular weight excluding hydrogens is 533 g/mol. The Morgan fingerprint density at radius 1 is 1.10 bits per heavy atom. The van der Waals surface area contributed by atoms with Crippen LogP contribution in [0.3, 0.4) is 0 Å². The van der Waals surface area contributed by atoms with Gasteiger partial charge in [-0.2, -0.15) is 0 Å². The van der Waals surface area contributed by atoms with Crippen LogP contribution in [0.25, 0.3) is 0 Å². The molecule has 1 unspecified atom stereocenters. The Kier molecular flexibility index (Phi) is 11.6. The third-order valence-corrected chi connectivity index (χ3v) is 7.88.